The number of benzene rings is 1. The Hall–Kier alpha value is -1.66. The summed E-state index contributed by atoms with van der Waals surface area (Å²) in [5, 5.41) is 9.13. The SMILES string of the molecule is O=C(O)c1ccc(Oc2ncc(Cl)cc2Br)cc1F. The number of aromatic nitrogens is 1. The van der Waals surface area contributed by atoms with Crippen LogP contribution in [0.25, 0.3) is 0 Å². The summed E-state index contributed by atoms with van der Waals surface area (Å²) in [7, 11) is 0. The molecule has 0 aliphatic carbocycles. The van der Waals surface area contributed by atoms with E-state index < -0.39 is 17.3 Å². The number of nitrogens with zero attached hydrogens (tertiary/aromatic N) is 1. The Balaban J connectivity index is 2.29. The summed E-state index contributed by atoms with van der Waals surface area (Å²) in [5.41, 5.74) is -0.421. The molecule has 0 aliphatic heterocycles. The van der Waals surface area contributed by atoms with Gasteiger partial charge >= 0.3 is 5.97 Å². The molecule has 1 N–H and O–H groups in total. The third-order valence-electron chi connectivity index (χ3n) is 2.16. The van der Waals surface area contributed by atoms with E-state index in [1.807, 2.05) is 0 Å². The van der Waals surface area contributed by atoms with Crippen molar-refractivity contribution in [3.63, 3.8) is 0 Å². The normalized spacial score (nSPS) is 10.3. The van der Waals surface area contributed by atoms with E-state index in [1.54, 1.807) is 6.07 Å². The summed E-state index contributed by atoms with van der Waals surface area (Å²) < 4.78 is 19.3. The highest BCUT2D eigenvalue weighted by Gasteiger charge is 2.12. The summed E-state index contributed by atoms with van der Waals surface area (Å²) >= 11 is 8.93. The Bertz CT molecular complexity index is 651. The molecule has 1 aromatic heterocycles. The summed E-state index contributed by atoms with van der Waals surface area (Å²) in [4.78, 5) is 14.6. The quantitative estimate of drug-likeness (QED) is 0.908. The van der Waals surface area contributed by atoms with Crippen LogP contribution in [0.5, 0.6) is 11.6 Å². The van der Waals surface area contributed by atoms with Gasteiger partial charge < -0.3 is 9.84 Å². The second-order valence-corrected chi connectivity index (χ2v) is 4.78. The Labute approximate surface area is 120 Å². The maximum absolute atomic E-state index is 13.5. The topological polar surface area (TPSA) is 59.4 Å². The van der Waals surface area contributed by atoms with Crippen LogP contribution in [-0.4, -0.2) is 16.1 Å². The monoisotopic (exact) mass is 345 g/mol. The van der Waals surface area contributed by atoms with Crippen LogP contribution in [0.15, 0.2) is 34.9 Å². The van der Waals surface area contributed by atoms with E-state index in [1.165, 1.54) is 12.3 Å². The van der Waals surface area contributed by atoms with Gasteiger partial charge in [-0.2, -0.15) is 0 Å². The molecule has 0 spiro atoms. The van der Waals surface area contributed by atoms with E-state index in [9.17, 15) is 9.18 Å². The van der Waals surface area contributed by atoms with Gasteiger partial charge in [-0.15, -0.1) is 0 Å². The molecule has 2 aromatic rings. The Morgan fingerprint density at radius 1 is 1.42 bits per heavy atom. The molecular weight excluding hydrogens is 340 g/mol. The number of carbonyl (C=O) groups is 1. The minimum absolute atomic E-state index is 0.137. The summed E-state index contributed by atoms with van der Waals surface area (Å²) in [6.07, 6.45) is 1.38. The van der Waals surface area contributed by atoms with Crippen molar-refractivity contribution in [3.8, 4) is 11.6 Å². The van der Waals surface area contributed by atoms with Crippen LogP contribution in [-0.2, 0) is 0 Å². The standard InChI is InChI=1S/C12H6BrClFNO3/c13-9-3-6(14)5-16-11(9)19-7-1-2-8(12(17)18)10(15)4-7/h1-5H,(H,17,18). The van der Waals surface area contributed by atoms with Gasteiger partial charge in [-0.25, -0.2) is 14.2 Å². The average molecular weight is 347 g/mol. The maximum Gasteiger partial charge on any atom is 0.338 e. The zero-order valence-corrected chi connectivity index (χ0v) is 11.6. The van der Waals surface area contributed by atoms with Crippen molar-refractivity contribution in [2.24, 2.45) is 0 Å². The van der Waals surface area contributed by atoms with Crippen LogP contribution < -0.4 is 4.74 Å². The first-order valence-corrected chi connectivity index (χ1v) is 6.16. The van der Waals surface area contributed by atoms with Crippen LogP contribution >= 0.6 is 27.5 Å². The zero-order chi connectivity index (χ0) is 14.0. The van der Waals surface area contributed by atoms with Crippen LogP contribution in [0.4, 0.5) is 4.39 Å². The van der Waals surface area contributed by atoms with Gasteiger partial charge in [-0.1, -0.05) is 11.6 Å². The predicted octanol–water partition coefficient (Wildman–Crippen LogP) is 4.13. The van der Waals surface area contributed by atoms with E-state index in [0.29, 0.717) is 9.50 Å². The molecule has 0 saturated heterocycles. The van der Waals surface area contributed by atoms with Gasteiger partial charge in [-0.3, -0.25) is 0 Å². The molecule has 98 valence electrons. The fraction of sp³-hybridized carbons (Fsp3) is 0. The second-order valence-electron chi connectivity index (χ2n) is 3.49. The molecule has 4 nitrogen and oxygen atoms in total. The Morgan fingerprint density at radius 2 is 2.16 bits per heavy atom. The lowest BCUT2D eigenvalue weighted by Crippen LogP contribution is -2.00. The Kier molecular flexibility index (Phi) is 4.01. The molecule has 0 unspecified atom stereocenters. The van der Waals surface area contributed by atoms with Crippen molar-refractivity contribution >= 4 is 33.5 Å². The summed E-state index contributed by atoms with van der Waals surface area (Å²) in [5.74, 6) is -1.88. The molecule has 0 fully saturated rings. The number of rotatable bonds is 3. The van der Waals surface area contributed by atoms with E-state index in [0.717, 1.165) is 12.1 Å². The molecule has 1 aromatic carbocycles. The molecule has 7 heteroatoms. The van der Waals surface area contributed by atoms with Crippen molar-refractivity contribution in [3.05, 3.63) is 51.3 Å². The van der Waals surface area contributed by atoms with Crippen LogP contribution in [0, 0.1) is 5.82 Å². The van der Waals surface area contributed by atoms with Gasteiger partial charge in [0.1, 0.15) is 11.6 Å². The van der Waals surface area contributed by atoms with Crippen molar-refractivity contribution in [1.82, 2.24) is 4.98 Å². The molecule has 0 radical (unpaired) electrons. The highest BCUT2D eigenvalue weighted by atomic mass is 79.9. The molecule has 0 atom stereocenters. The van der Waals surface area contributed by atoms with Crippen molar-refractivity contribution < 1.29 is 19.0 Å². The van der Waals surface area contributed by atoms with E-state index in [-0.39, 0.29) is 11.6 Å². The van der Waals surface area contributed by atoms with Gasteiger partial charge in [0.25, 0.3) is 0 Å². The van der Waals surface area contributed by atoms with Gasteiger partial charge in [-0.05, 0) is 34.1 Å². The number of hydrogen-bond acceptors (Lipinski definition) is 3. The number of pyridine rings is 1. The molecule has 0 amide bonds. The van der Waals surface area contributed by atoms with E-state index in [4.69, 9.17) is 21.4 Å². The smallest absolute Gasteiger partial charge is 0.338 e. The van der Waals surface area contributed by atoms with Gasteiger partial charge in [0, 0.05) is 12.3 Å². The number of carboxylic acid groups (broad SMARTS) is 1. The summed E-state index contributed by atoms with van der Waals surface area (Å²) in [6.45, 7) is 0. The average Bonchev–Trinajstić information content (AvgIpc) is 2.32. The maximum atomic E-state index is 13.5. The zero-order valence-electron chi connectivity index (χ0n) is 9.23. The van der Waals surface area contributed by atoms with Gasteiger partial charge in [0.15, 0.2) is 0 Å². The van der Waals surface area contributed by atoms with Crippen molar-refractivity contribution in [2.45, 2.75) is 0 Å². The first-order chi connectivity index (χ1) is 8.97. The fourth-order valence-corrected chi connectivity index (χ4v) is 2.04. The third-order valence-corrected chi connectivity index (χ3v) is 2.93. The largest absolute Gasteiger partial charge is 0.478 e. The molecule has 0 bridgehead atoms. The van der Waals surface area contributed by atoms with Crippen molar-refractivity contribution in [2.75, 3.05) is 0 Å². The minimum atomic E-state index is -1.34. The Morgan fingerprint density at radius 3 is 2.74 bits per heavy atom. The molecule has 2 rings (SSSR count). The fourth-order valence-electron chi connectivity index (χ4n) is 1.32. The molecular formula is C12H6BrClFNO3. The third kappa shape index (κ3) is 3.21. The van der Waals surface area contributed by atoms with E-state index in [2.05, 4.69) is 20.9 Å². The van der Waals surface area contributed by atoms with Crippen LogP contribution in [0.3, 0.4) is 0 Å². The second kappa shape index (κ2) is 5.54. The molecule has 0 aliphatic rings. The summed E-state index contributed by atoms with van der Waals surface area (Å²) in [6, 6.07) is 5.02. The molecule has 19 heavy (non-hydrogen) atoms. The lowest BCUT2D eigenvalue weighted by molar-refractivity contribution is 0.0692. The highest BCUT2D eigenvalue weighted by molar-refractivity contribution is 9.10. The number of ether oxygens (including phenoxy) is 1. The predicted molar refractivity (Wildman–Crippen MR) is 70.4 cm³/mol. The lowest BCUT2D eigenvalue weighted by atomic mass is 10.2. The minimum Gasteiger partial charge on any atom is -0.478 e. The first kappa shape index (κ1) is 13.8. The number of carboxylic acids is 1. The number of aromatic carboxylic acids is 1. The molecule has 0 saturated carbocycles. The van der Waals surface area contributed by atoms with Gasteiger partial charge in [0.05, 0.1) is 15.1 Å². The first-order valence-electron chi connectivity index (χ1n) is 4.99. The van der Waals surface area contributed by atoms with E-state index >= 15 is 0 Å². The number of hydrogen-bond donors (Lipinski definition) is 1. The molecule has 1 heterocycles. The number of halogens is 3. The van der Waals surface area contributed by atoms with Crippen LogP contribution in [0.1, 0.15) is 10.4 Å². The van der Waals surface area contributed by atoms with Crippen molar-refractivity contribution in [1.29, 1.82) is 0 Å². The highest BCUT2D eigenvalue weighted by Crippen LogP contribution is 2.30. The lowest BCUT2D eigenvalue weighted by Gasteiger charge is -2.07. The van der Waals surface area contributed by atoms with Crippen LogP contribution in [0.2, 0.25) is 5.02 Å². The van der Waals surface area contributed by atoms with Gasteiger partial charge in [0.2, 0.25) is 5.88 Å².